The van der Waals surface area contributed by atoms with Crippen LogP contribution in [-0.2, 0) is 0 Å². The summed E-state index contributed by atoms with van der Waals surface area (Å²) < 4.78 is 1.64. The zero-order valence-electron chi connectivity index (χ0n) is 10.6. The lowest BCUT2D eigenvalue weighted by atomic mass is 10.2. The van der Waals surface area contributed by atoms with Crippen LogP contribution < -0.4 is 9.94 Å². The predicted octanol–water partition coefficient (Wildman–Crippen LogP) is 1.65. The molecule has 0 spiro atoms. The van der Waals surface area contributed by atoms with Crippen LogP contribution in [0, 0.1) is 0 Å². The standard InChI is InChI=1S/C14H12N6/c1-2-5-12(6-3-1)7-4-10-15-17-13-8-9-14-18-16-11-20(14)19-13/h1-11H,(H,17,19)/p+1. The summed E-state index contributed by atoms with van der Waals surface area (Å²) in [7, 11) is 0. The lowest BCUT2D eigenvalue weighted by Gasteiger charge is -1.94. The van der Waals surface area contributed by atoms with Crippen molar-refractivity contribution < 1.29 is 4.52 Å². The van der Waals surface area contributed by atoms with Crippen LogP contribution in [-0.4, -0.2) is 21.5 Å². The van der Waals surface area contributed by atoms with E-state index >= 15 is 0 Å². The second-order valence-electron chi connectivity index (χ2n) is 4.05. The van der Waals surface area contributed by atoms with E-state index in [1.54, 1.807) is 17.1 Å². The summed E-state index contributed by atoms with van der Waals surface area (Å²) in [6, 6.07) is 13.7. The molecule has 20 heavy (non-hydrogen) atoms. The zero-order chi connectivity index (χ0) is 13.6. The van der Waals surface area contributed by atoms with Gasteiger partial charge in [0.15, 0.2) is 5.82 Å². The second-order valence-corrected chi connectivity index (χ2v) is 4.05. The molecule has 3 aromatic rings. The van der Waals surface area contributed by atoms with E-state index in [1.165, 1.54) is 0 Å². The Hall–Kier alpha value is -3.02. The first kappa shape index (κ1) is 12.0. The Morgan fingerprint density at radius 3 is 2.95 bits per heavy atom. The van der Waals surface area contributed by atoms with Crippen molar-refractivity contribution in [3.8, 4) is 0 Å². The maximum absolute atomic E-state index is 4.26. The van der Waals surface area contributed by atoms with Crippen LogP contribution in [0.1, 0.15) is 5.56 Å². The number of hydrogen-bond donors (Lipinski definition) is 2. The highest BCUT2D eigenvalue weighted by molar-refractivity contribution is 5.78. The zero-order valence-corrected chi connectivity index (χ0v) is 10.6. The Morgan fingerprint density at radius 2 is 2.05 bits per heavy atom. The number of allylic oxidation sites excluding steroid dienone is 1. The van der Waals surface area contributed by atoms with Gasteiger partial charge in [-0.15, -0.1) is 9.61 Å². The van der Waals surface area contributed by atoms with Crippen LogP contribution >= 0.6 is 0 Å². The largest absolute Gasteiger partial charge is 0.325 e. The number of rotatable bonds is 4. The number of aromatic nitrogens is 4. The number of nitrogens with zero attached hydrogens (tertiary/aromatic N) is 4. The molecule has 2 heterocycles. The molecule has 2 N–H and O–H groups in total. The molecule has 0 fully saturated rings. The van der Waals surface area contributed by atoms with Gasteiger partial charge >= 0.3 is 5.65 Å². The molecule has 0 saturated carbocycles. The summed E-state index contributed by atoms with van der Waals surface area (Å²) >= 11 is 0. The van der Waals surface area contributed by atoms with Gasteiger partial charge in [-0.3, -0.25) is 5.43 Å². The van der Waals surface area contributed by atoms with Crippen LogP contribution in [0.2, 0.25) is 0 Å². The van der Waals surface area contributed by atoms with Gasteiger partial charge in [0, 0.05) is 17.4 Å². The summed E-state index contributed by atoms with van der Waals surface area (Å²) in [5, 5.41) is 15.1. The molecule has 0 amide bonds. The number of hydrazone groups is 1. The minimum atomic E-state index is 0.647. The van der Waals surface area contributed by atoms with E-state index in [1.807, 2.05) is 54.6 Å². The Bertz CT molecular complexity index is 744. The summed E-state index contributed by atoms with van der Waals surface area (Å²) in [4.78, 5) is 0. The summed E-state index contributed by atoms with van der Waals surface area (Å²) in [6.07, 6.45) is 7.19. The Balaban J connectivity index is 1.61. The molecule has 0 aliphatic carbocycles. The number of aromatic amines is 1. The van der Waals surface area contributed by atoms with Gasteiger partial charge in [-0.25, -0.2) is 0 Å². The fourth-order valence-electron chi connectivity index (χ4n) is 1.69. The number of fused-ring (bicyclic) bond motifs is 1. The van der Waals surface area contributed by atoms with Crippen LogP contribution in [0.5, 0.6) is 0 Å². The minimum absolute atomic E-state index is 0.647. The quantitative estimate of drug-likeness (QED) is 0.428. The van der Waals surface area contributed by atoms with Crippen molar-refractivity contribution >= 4 is 23.8 Å². The maximum Gasteiger partial charge on any atom is 0.325 e. The normalized spacial score (nSPS) is 11.6. The third-order valence-corrected chi connectivity index (χ3v) is 2.63. The number of hydrogen-bond acceptors (Lipinski definition) is 4. The fourth-order valence-corrected chi connectivity index (χ4v) is 1.69. The van der Waals surface area contributed by atoms with Crippen molar-refractivity contribution in [1.29, 1.82) is 0 Å². The van der Waals surface area contributed by atoms with E-state index < -0.39 is 0 Å². The van der Waals surface area contributed by atoms with Gasteiger partial charge < -0.3 is 0 Å². The molecule has 0 bridgehead atoms. The second kappa shape index (κ2) is 5.75. The average Bonchev–Trinajstić information content (AvgIpc) is 2.95. The molecule has 98 valence electrons. The lowest BCUT2D eigenvalue weighted by molar-refractivity contribution is -0.579. The van der Waals surface area contributed by atoms with Crippen LogP contribution in [0.15, 0.2) is 60.0 Å². The molecule has 1 aromatic carbocycles. The van der Waals surface area contributed by atoms with Crippen molar-refractivity contribution in [3.63, 3.8) is 0 Å². The average molecular weight is 265 g/mol. The Labute approximate surface area is 115 Å². The molecule has 0 unspecified atom stereocenters. The maximum atomic E-state index is 4.26. The highest BCUT2D eigenvalue weighted by atomic mass is 15.4. The van der Waals surface area contributed by atoms with Crippen molar-refractivity contribution in [2.45, 2.75) is 0 Å². The van der Waals surface area contributed by atoms with Gasteiger partial charge in [-0.1, -0.05) is 41.5 Å². The summed E-state index contributed by atoms with van der Waals surface area (Å²) in [5.41, 5.74) is 4.74. The third-order valence-electron chi connectivity index (χ3n) is 2.63. The van der Waals surface area contributed by atoms with E-state index in [9.17, 15) is 0 Å². The fraction of sp³-hybridized carbons (Fsp3) is 0. The van der Waals surface area contributed by atoms with Crippen LogP contribution in [0.25, 0.3) is 11.7 Å². The monoisotopic (exact) mass is 265 g/mol. The van der Waals surface area contributed by atoms with Gasteiger partial charge in [0.1, 0.15) is 0 Å². The van der Waals surface area contributed by atoms with Crippen LogP contribution in [0.4, 0.5) is 5.82 Å². The van der Waals surface area contributed by atoms with Crippen molar-refractivity contribution in [2.75, 3.05) is 5.43 Å². The van der Waals surface area contributed by atoms with E-state index in [0.29, 0.717) is 5.82 Å². The summed E-state index contributed by atoms with van der Waals surface area (Å²) in [6.45, 7) is 0. The van der Waals surface area contributed by atoms with E-state index in [4.69, 9.17) is 0 Å². The van der Waals surface area contributed by atoms with Gasteiger partial charge in [-0.2, -0.15) is 5.10 Å². The first-order chi connectivity index (χ1) is 9.92. The molecule has 2 aromatic heterocycles. The Morgan fingerprint density at radius 1 is 1.15 bits per heavy atom. The molecule has 0 aliphatic rings. The molecule has 0 aliphatic heterocycles. The van der Waals surface area contributed by atoms with Crippen molar-refractivity contribution in [1.82, 2.24) is 15.3 Å². The van der Waals surface area contributed by atoms with Gasteiger partial charge in [0.25, 0.3) is 0 Å². The predicted molar refractivity (Wildman–Crippen MR) is 77.1 cm³/mol. The number of nitrogens with one attached hydrogen (secondary N) is 2. The number of H-pyrrole nitrogens is 1. The minimum Gasteiger partial charge on any atom is -0.259 e. The third kappa shape index (κ3) is 2.86. The highest BCUT2D eigenvalue weighted by Gasteiger charge is 2.04. The molecule has 6 heteroatoms. The van der Waals surface area contributed by atoms with Gasteiger partial charge in [0.05, 0.1) is 0 Å². The lowest BCUT2D eigenvalue weighted by Crippen LogP contribution is -2.24. The number of benzene rings is 1. The molecule has 0 saturated heterocycles. The number of anilines is 1. The smallest absolute Gasteiger partial charge is 0.259 e. The van der Waals surface area contributed by atoms with Crippen molar-refractivity contribution in [3.05, 3.63) is 60.4 Å². The molecule has 0 radical (unpaired) electrons. The molecule has 6 nitrogen and oxygen atoms in total. The van der Waals surface area contributed by atoms with Crippen LogP contribution in [0.3, 0.4) is 0 Å². The first-order valence-corrected chi connectivity index (χ1v) is 6.15. The highest BCUT2D eigenvalue weighted by Crippen LogP contribution is 2.01. The van der Waals surface area contributed by atoms with E-state index in [-0.39, 0.29) is 0 Å². The first-order valence-electron chi connectivity index (χ1n) is 6.15. The molecule has 3 rings (SSSR count). The van der Waals surface area contributed by atoms with E-state index in [2.05, 4.69) is 25.8 Å². The SMILES string of the molecule is C(=Cc1ccccc1)C=NNc1ccc2n[nH]c[n+]2n1. The van der Waals surface area contributed by atoms with Gasteiger partial charge in [-0.05, 0) is 17.7 Å². The molecular weight excluding hydrogens is 252 g/mol. The van der Waals surface area contributed by atoms with Gasteiger partial charge in [0.2, 0.25) is 6.33 Å². The Kier molecular flexibility index (Phi) is 3.46. The van der Waals surface area contributed by atoms with E-state index in [0.717, 1.165) is 11.2 Å². The van der Waals surface area contributed by atoms with Crippen molar-refractivity contribution in [2.24, 2.45) is 5.10 Å². The summed E-state index contributed by atoms with van der Waals surface area (Å²) in [5.74, 6) is 0.647. The topological polar surface area (TPSA) is 70.1 Å². The molecule has 0 atom stereocenters. The molecular formula is C14H13N6+.